The molecule has 1 aromatic carbocycles. The van der Waals surface area contributed by atoms with Crippen molar-refractivity contribution in [3.8, 4) is 0 Å². The molecule has 25 heavy (non-hydrogen) atoms. The third kappa shape index (κ3) is 2.84. The predicted molar refractivity (Wildman–Crippen MR) is 91.0 cm³/mol. The maximum Gasteiger partial charge on any atom is 0.320 e. The molecule has 2 aromatic rings. The molecule has 5 heteroatoms. The highest BCUT2D eigenvalue weighted by atomic mass is 19.1. The van der Waals surface area contributed by atoms with E-state index in [0.29, 0.717) is 35.2 Å². The van der Waals surface area contributed by atoms with Crippen LogP contribution in [0.15, 0.2) is 36.5 Å². The van der Waals surface area contributed by atoms with Crippen molar-refractivity contribution in [2.75, 3.05) is 7.11 Å². The van der Waals surface area contributed by atoms with E-state index >= 15 is 0 Å². The number of carbonyl (C=O) groups is 1. The van der Waals surface area contributed by atoms with Gasteiger partial charge in [0.05, 0.1) is 12.8 Å². The second-order valence-electron chi connectivity index (χ2n) is 6.34. The molecule has 0 spiro atoms. The summed E-state index contributed by atoms with van der Waals surface area (Å²) in [6.07, 6.45) is 4.35. The first-order chi connectivity index (χ1) is 11.9. The molecule has 0 saturated heterocycles. The number of aromatic nitrogens is 1. The van der Waals surface area contributed by atoms with Crippen LogP contribution in [0.1, 0.15) is 35.2 Å². The van der Waals surface area contributed by atoms with E-state index in [9.17, 15) is 13.6 Å². The summed E-state index contributed by atoms with van der Waals surface area (Å²) in [5.41, 5.74) is 1.68. The molecule has 1 aromatic heterocycles. The van der Waals surface area contributed by atoms with E-state index in [0.717, 1.165) is 5.57 Å². The lowest BCUT2D eigenvalue weighted by atomic mass is 9.77. The quantitative estimate of drug-likeness (QED) is 0.782. The first-order valence-electron chi connectivity index (χ1n) is 8.07. The summed E-state index contributed by atoms with van der Waals surface area (Å²) in [4.78, 5) is 16.7. The fourth-order valence-electron chi connectivity index (χ4n) is 3.44. The van der Waals surface area contributed by atoms with E-state index in [2.05, 4.69) is 4.98 Å². The van der Waals surface area contributed by atoms with E-state index in [1.54, 1.807) is 38.3 Å². The number of esters is 1. The summed E-state index contributed by atoms with van der Waals surface area (Å²) in [5, 5.41) is 0. The van der Waals surface area contributed by atoms with Gasteiger partial charge in [-0.25, -0.2) is 8.78 Å². The summed E-state index contributed by atoms with van der Waals surface area (Å²) in [5.74, 6) is -1.21. The molecule has 1 atom stereocenters. The third-order valence-corrected chi connectivity index (χ3v) is 4.90. The van der Waals surface area contributed by atoms with Crippen LogP contribution in [0.5, 0.6) is 0 Å². The molecule has 0 fully saturated rings. The van der Waals surface area contributed by atoms with Crippen molar-refractivity contribution >= 4 is 11.5 Å². The highest BCUT2D eigenvalue weighted by Gasteiger charge is 2.44. The van der Waals surface area contributed by atoms with E-state index in [4.69, 9.17) is 4.74 Å². The summed E-state index contributed by atoms with van der Waals surface area (Å²) in [6.45, 7) is 3.24. The van der Waals surface area contributed by atoms with Crippen molar-refractivity contribution in [3.05, 3.63) is 70.6 Å². The van der Waals surface area contributed by atoms with Crippen molar-refractivity contribution in [1.82, 2.24) is 4.98 Å². The van der Waals surface area contributed by atoms with Crippen LogP contribution >= 0.6 is 0 Å². The van der Waals surface area contributed by atoms with Crippen molar-refractivity contribution in [2.45, 2.75) is 32.1 Å². The summed E-state index contributed by atoms with van der Waals surface area (Å²) >= 11 is 0. The number of carbonyl (C=O) groups excluding carboxylic acids is 1. The fourth-order valence-corrected chi connectivity index (χ4v) is 3.44. The minimum Gasteiger partial charge on any atom is -0.468 e. The average Bonchev–Trinajstić information content (AvgIpc) is 3.05. The van der Waals surface area contributed by atoms with Crippen molar-refractivity contribution < 1.29 is 18.3 Å². The number of methoxy groups -OCH3 is 1. The Hall–Kier alpha value is -2.56. The highest BCUT2D eigenvalue weighted by molar-refractivity contribution is 5.91. The Balaban J connectivity index is 2.15. The zero-order valence-electron chi connectivity index (χ0n) is 14.4. The first kappa shape index (κ1) is 17.3. The number of halogens is 2. The molecule has 1 aliphatic carbocycles. The van der Waals surface area contributed by atoms with Crippen molar-refractivity contribution in [3.63, 3.8) is 0 Å². The minimum absolute atomic E-state index is 0.322. The Morgan fingerprint density at radius 3 is 2.68 bits per heavy atom. The van der Waals surface area contributed by atoms with Gasteiger partial charge in [0, 0.05) is 6.20 Å². The number of ether oxygens (including phenoxy) is 1. The standard InChI is InChI=1S/C20H19F2NO2/c1-12-16(5-4-6-17(12)21)20(19(24)25-3)8-7-14(10-20)15-9-18(22)13(2)23-11-15/h4-6,9-11H,7-8H2,1-3H3/t20-/m0/s1. The number of hydrogen-bond acceptors (Lipinski definition) is 3. The van der Waals surface area contributed by atoms with Crippen LogP contribution in [-0.4, -0.2) is 18.1 Å². The molecule has 0 radical (unpaired) electrons. The van der Waals surface area contributed by atoms with Crippen LogP contribution in [0.3, 0.4) is 0 Å². The lowest BCUT2D eigenvalue weighted by Crippen LogP contribution is -2.34. The van der Waals surface area contributed by atoms with Gasteiger partial charge in [-0.05, 0) is 61.1 Å². The molecule has 0 N–H and O–H groups in total. The van der Waals surface area contributed by atoms with E-state index in [1.165, 1.54) is 19.2 Å². The van der Waals surface area contributed by atoms with Crippen molar-refractivity contribution in [2.24, 2.45) is 0 Å². The second kappa shape index (κ2) is 6.39. The van der Waals surface area contributed by atoms with Gasteiger partial charge < -0.3 is 4.74 Å². The molecule has 0 bridgehead atoms. The number of rotatable bonds is 3. The van der Waals surface area contributed by atoms with Gasteiger partial charge in [0.15, 0.2) is 0 Å². The van der Waals surface area contributed by atoms with E-state index < -0.39 is 17.2 Å². The molecule has 3 rings (SSSR count). The van der Waals surface area contributed by atoms with Gasteiger partial charge in [-0.3, -0.25) is 9.78 Å². The Morgan fingerprint density at radius 1 is 1.24 bits per heavy atom. The summed E-state index contributed by atoms with van der Waals surface area (Å²) < 4.78 is 32.9. The first-order valence-corrected chi connectivity index (χ1v) is 8.07. The SMILES string of the molecule is COC(=O)[C@]1(c2cccc(F)c2C)C=C(c2cnc(C)c(F)c2)CC1. The van der Waals surface area contributed by atoms with Gasteiger partial charge in [0.1, 0.15) is 17.0 Å². The molecule has 0 amide bonds. The van der Waals surface area contributed by atoms with E-state index in [-0.39, 0.29) is 5.82 Å². The van der Waals surface area contributed by atoms with Crippen LogP contribution in [0, 0.1) is 25.5 Å². The summed E-state index contributed by atoms with van der Waals surface area (Å²) in [6, 6.07) is 6.10. The van der Waals surface area contributed by atoms with Crippen LogP contribution < -0.4 is 0 Å². The van der Waals surface area contributed by atoms with Crippen LogP contribution in [-0.2, 0) is 14.9 Å². The molecular formula is C20H19F2NO2. The molecule has 1 aliphatic rings. The molecular weight excluding hydrogens is 324 g/mol. The van der Waals surface area contributed by atoms with Crippen LogP contribution in [0.25, 0.3) is 5.57 Å². The maximum absolute atomic E-state index is 14.1. The molecule has 130 valence electrons. The Morgan fingerprint density at radius 2 is 2.00 bits per heavy atom. The van der Waals surface area contributed by atoms with Gasteiger partial charge in [-0.2, -0.15) is 0 Å². The van der Waals surface area contributed by atoms with E-state index in [1.807, 2.05) is 0 Å². The van der Waals surface area contributed by atoms with Crippen LogP contribution in [0.2, 0.25) is 0 Å². The smallest absolute Gasteiger partial charge is 0.320 e. The van der Waals surface area contributed by atoms with Gasteiger partial charge in [0.25, 0.3) is 0 Å². The lowest BCUT2D eigenvalue weighted by Gasteiger charge is -2.26. The number of hydrogen-bond donors (Lipinski definition) is 0. The normalized spacial score (nSPS) is 19.6. The molecule has 0 saturated carbocycles. The average molecular weight is 343 g/mol. The number of nitrogens with zero attached hydrogens (tertiary/aromatic N) is 1. The monoisotopic (exact) mass is 343 g/mol. The Bertz CT molecular complexity index is 876. The topological polar surface area (TPSA) is 39.2 Å². The Labute approximate surface area is 145 Å². The fraction of sp³-hybridized carbons (Fsp3) is 0.300. The molecule has 1 heterocycles. The largest absolute Gasteiger partial charge is 0.468 e. The number of pyridine rings is 1. The van der Waals surface area contributed by atoms with Crippen LogP contribution in [0.4, 0.5) is 8.78 Å². The highest BCUT2D eigenvalue weighted by Crippen LogP contribution is 2.45. The molecule has 0 aliphatic heterocycles. The maximum atomic E-state index is 14.1. The number of aryl methyl sites for hydroxylation is 1. The van der Waals surface area contributed by atoms with Gasteiger partial charge in [-0.1, -0.05) is 18.2 Å². The number of benzene rings is 1. The zero-order chi connectivity index (χ0) is 18.2. The Kier molecular flexibility index (Phi) is 4.41. The third-order valence-electron chi connectivity index (χ3n) is 4.90. The summed E-state index contributed by atoms with van der Waals surface area (Å²) in [7, 11) is 1.32. The van der Waals surface area contributed by atoms with Gasteiger partial charge >= 0.3 is 5.97 Å². The predicted octanol–water partition coefficient (Wildman–Crippen LogP) is 4.26. The number of allylic oxidation sites excluding steroid dienone is 1. The molecule has 0 unspecified atom stereocenters. The minimum atomic E-state index is -1.07. The molecule has 3 nitrogen and oxygen atoms in total. The van der Waals surface area contributed by atoms with Gasteiger partial charge in [0.2, 0.25) is 0 Å². The second-order valence-corrected chi connectivity index (χ2v) is 6.34. The van der Waals surface area contributed by atoms with Gasteiger partial charge in [-0.15, -0.1) is 0 Å². The van der Waals surface area contributed by atoms with Crippen molar-refractivity contribution in [1.29, 1.82) is 0 Å². The lowest BCUT2D eigenvalue weighted by molar-refractivity contribution is -0.145. The zero-order valence-corrected chi connectivity index (χ0v) is 14.4.